The number of carbonyl (C=O) groups excluding carboxylic acids is 2. The van der Waals surface area contributed by atoms with E-state index in [9.17, 15) is 14.7 Å². The number of carbonyl (C=O) groups is 2. The van der Waals surface area contributed by atoms with Crippen molar-refractivity contribution in [1.29, 1.82) is 0 Å². The first-order chi connectivity index (χ1) is 13.0. The number of hydrogen-bond donors (Lipinski definition) is 1. The van der Waals surface area contributed by atoms with Crippen LogP contribution in [0, 0.1) is 0 Å². The Morgan fingerprint density at radius 2 is 1.96 bits per heavy atom. The van der Waals surface area contributed by atoms with E-state index in [4.69, 9.17) is 16.3 Å². The Labute approximate surface area is 162 Å². The molecule has 0 aliphatic carbocycles. The molecular weight excluding hydrogens is 368 g/mol. The van der Waals surface area contributed by atoms with E-state index in [0.717, 1.165) is 5.56 Å². The van der Waals surface area contributed by atoms with Crippen molar-refractivity contribution in [1.82, 2.24) is 9.80 Å². The molecule has 2 amide bonds. The van der Waals surface area contributed by atoms with Crippen LogP contribution >= 0.6 is 11.6 Å². The van der Waals surface area contributed by atoms with Crippen LogP contribution in [-0.4, -0.2) is 59.6 Å². The lowest BCUT2D eigenvalue weighted by Gasteiger charge is -2.22. The molecule has 142 valence electrons. The molecule has 0 bridgehead atoms. The number of halogens is 1. The molecule has 1 fully saturated rings. The van der Waals surface area contributed by atoms with Crippen LogP contribution in [0.5, 0.6) is 5.75 Å². The lowest BCUT2D eigenvalue weighted by Crippen LogP contribution is -2.39. The van der Waals surface area contributed by atoms with Gasteiger partial charge in [-0.2, -0.15) is 0 Å². The number of hydrogen-bond acceptors (Lipinski definition) is 4. The molecule has 27 heavy (non-hydrogen) atoms. The molecule has 1 heterocycles. The molecule has 2 aromatic rings. The van der Waals surface area contributed by atoms with E-state index in [1.807, 2.05) is 12.1 Å². The summed E-state index contributed by atoms with van der Waals surface area (Å²) in [6.45, 7) is 0.539. The Hall–Kier alpha value is -2.57. The molecule has 1 aliphatic heterocycles. The average molecular weight is 389 g/mol. The van der Waals surface area contributed by atoms with Gasteiger partial charge in [-0.1, -0.05) is 29.8 Å². The van der Waals surface area contributed by atoms with Crippen LogP contribution in [0.3, 0.4) is 0 Å². The molecule has 6 nitrogen and oxygen atoms in total. The molecule has 1 N–H and O–H groups in total. The second kappa shape index (κ2) is 8.41. The Bertz CT molecular complexity index is 825. The minimum absolute atomic E-state index is 0.0826. The van der Waals surface area contributed by atoms with Crippen LogP contribution in [0.4, 0.5) is 0 Å². The zero-order valence-corrected chi connectivity index (χ0v) is 15.7. The van der Waals surface area contributed by atoms with Crippen LogP contribution in [0.15, 0.2) is 48.5 Å². The van der Waals surface area contributed by atoms with Gasteiger partial charge in [0.05, 0.1) is 13.2 Å². The summed E-state index contributed by atoms with van der Waals surface area (Å²) in [6, 6.07) is 13.9. The highest BCUT2D eigenvalue weighted by Crippen LogP contribution is 2.17. The van der Waals surface area contributed by atoms with Gasteiger partial charge in [-0.3, -0.25) is 9.59 Å². The van der Waals surface area contributed by atoms with Crippen LogP contribution in [0.2, 0.25) is 5.02 Å². The van der Waals surface area contributed by atoms with Gasteiger partial charge < -0.3 is 19.6 Å². The number of amides is 2. The minimum atomic E-state index is -0.821. The highest BCUT2D eigenvalue weighted by Gasteiger charge is 2.30. The average Bonchev–Trinajstić information content (AvgIpc) is 2.81. The van der Waals surface area contributed by atoms with Gasteiger partial charge in [0.2, 0.25) is 5.91 Å². The zero-order valence-electron chi connectivity index (χ0n) is 15.0. The van der Waals surface area contributed by atoms with Gasteiger partial charge in [0.25, 0.3) is 5.91 Å². The van der Waals surface area contributed by atoms with Crippen LogP contribution in [-0.2, 0) is 11.3 Å². The molecule has 1 unspecified atom stereocenters. The van der Waals surface area contributed by atoms with Gasteiger partial charge in [0, 0.05) is 30.2 Å². The largest absolute Gasteiger partial charge is 0.497 e. The van der Waals surface area contributed by atoms with Crippen molar-refractivity contribution in [2.75, 3.05) is 26.7 Å². The summed E-state index contributed by atoms with van der Waals surface area (Å²) in [5, 5.41) is 11.0. The van der Waals surface area contributed by atoms with E-state index in [1.165, 1.54) is 12.0 Å². The minimum Gasteiger partial charge on any atom is -0.497 e. The quantitative estimate of drug-likeness (QED) is 0.871. The summed E-state index contributed by atoms with van der Waals surface area (Å²) in [7, 11) is 1.53. The van der Waals surface area contributed by atoms with Crippen molar-refractivity contribution in [2.24, 2.45) is 0 Å². The highest BCUT2D eigenvalue weighted by atomic mass is 35.5. The maximum atomic E-state index is 12.8. The molecule has 7 heteroatoms. The fourth-order valence-electron chi connectivity index (χ4n) is 3.05. The molecule has 0 radical (unpaired) electrons. The first-order valence-electron chi connectivity index (χ1n) is 8.60. The van der Waals surface area contributed by atoms with E-state index in [0.29, 0.717) is 22.9 Å². The Morgan fingerprint density at radius 3 is 2.67 bits per heavy atom. The van der Waals surface area contributed by atoms with E-state index in [-0.39, 0.29) is 31.4 Å². The first-order valence-corrected chi connectivity index (χ1v) is 8.97. The van der Waals surface area contributed by atoms with Crippen molar-refractivity contribution < 1.29 is 19.4 Å². The third-order valence-electron chi connectivity index (χ3n) is 4.43. The second-order valence-electron chi connectivity index (χ2n) is 6.47. The highest BCUT2D eigenvalue weighted by molar-refractivity contribution is 6.30. The number of benzene rings is 2. The van der Waals surface area contributed by atoms with Crippen molar-refractivity contribution >= 4 is 23.4 Å². The Morgan fingerprint density at radius 1 is 1.22 bits per heavy atom. The van der Waals surface area contributed by atoms with Gasteiger partial charge in [-0.15, -0.1) is 0 Å². The van der Waals surface area contributed by atoms with Crippen LogP contribution < -0.4 is 4.74 Å². The smallest absolute Gasteiger partial charge is 0.254 e. The number of rotatable bonds is 4. The summed E-state index contributed by atoms with van der Waals surface area (Å²) in [4.78, 5) is 28.4. The molecule has 2 aromatic carbocycles. The number of methoxy groups -OCH3 is 1. The molecule has 1 aliphatic rings. The van der Waals surface area contributed by atoms with Crippen LogP contribution in [0.25, 0.3) is 0 Å². The number of ether oxygens (including phenoxy) is 1. The third kappa shape index (κ3) is 4.78. The first kappa shape index (κ1) is 19.2. The zero-order chi connectivity index (χ0) is 19.4. The normalized spacial score (nSPS) is 17.6. The second-order valence-corrected chi connectivity index (χ2v) is 6.91. The third-order valence-corrected chi connectivity index (χ3v) is 4.68. The standard InChI is InChI=1S/C20H21ClN2O4/c1-27-18-4-2-3-15(9-18)20(26)23-12-17(24)11-22(19(25)13-23)10-14-5-7-16(21)8-6-14/h2-9,17,24H,10-13H2,1H3. The number of aliphatic hydroxyl groups is 1. The van der Waals surface area contributed by atoms with Gasteiger partial charge >= 0.3 is 0 Å². The van der Waals surface area contributed by atoms with Crippen LogP contribution in [0.1, 0.15) is 15.9 Å². The molecule has 1 atom stereocenters. The maximum Gasteiger partial charge on any atom is 0.254 e. The summed E-state index contributed by atoms with van der Waals surface area (Å²) in [5.74, 6) is 0.0410. The monoisotopic (exact) mass is 388 g/mol. The summed E-state index contributed by atoms with van der Waals surface area (Å²) in [6.07, 6.45) is -0.821. The maximum absolute atomic E-state index is 12.8. The fourth-order valence-corrected chi connectivity index (χ4v) is 3.18. The van der Waals surface area contributed by atoms with Crippen molar-refractivity contribution in [3.63, 3.8) is 0 Å². The Balaban J connectivity index is 1.74. The topological polar surface area (TPSA) is 70.1 Å². The lowest BCUT2D eigenvalue weighted by atomic mass is 10.2. The van der Waals surface area contributed by atoms with Gasteiger partial charge in [0.1, 0.15) is 12.3 Å². The van der Waals surface area contributed by atoms with E-state index in [2.05, 4.69) is 0 Å². The van der Waals surface area contributed by atoms with Gasteiger partial charge in [0.15, 0.2) is 0 Å². The molecule has 1 saturated heterocycles. The fraction of sp³-hybridized carbons (Fsp3) is 0.300. The number of aliphatic hydroxyl groups excluding tert-OH is 1. The summed E-state index contributed by atoms with van der Waals surface area (Å²) in [5.41, 5.74) is 1.33. The van der Waals surface area contributed by atoms with Crippen molar-refractivity contribution in [3.8, 4) is 5.75 Å². The van der Waals surface area contributed by atoms with Crippen molar-refractivity contribution in [2.45, 2.75) is 12.6 Å². The molecule has 0 saturated carbocycles. The molecule has 0 aromatic heterocycles. The van der Waals surface area contributed by atoms with Gasteiger partial charge in [-0.25, -0.2) is 0 Å². The van der Waals surface area contributed by atoms with Gasteiger partial charge in [-0.05, 0) is 35.9 Å². The van der Waals surface area contributed by atoms with E-state index in [1.54, 1.807) is 41.3 Å². The number of β-amino-alcohol motifs (C(OH)–C–C–N with tert-alkyl or cyclic N) is 1. The van der Waals surface area contributed by atoms with E-state index >= 15 is 0 Å². The molecule has 0 spiro atoms. The Kier molecular flexibility index (Phi) is 5.98. The lowest BCUT2D eigenvalue weighted by molar-refractivity contribution is -0.131. The number of nitrogens with zero attached hydrogens (tertiary/aromatic N) is 2. The summed E-state index contributed by atoms with van der Waals surface area (Å²) < 4.78 is 5.15. The summed E-state index contributed by atoms with van der Waals surface area (Å²) >= 11 is 5.89. The molecular formula is C20H21ClN2O4. The van der Waals surface area contributed by atoms with Crippen molar-refractivity contribution in [3.05, 3.63) is 64.7 Å². The van der Waals surface area contributed by atoms with E-state index < -0.39 is 6.10 Å². The SMILES string of the molecule is COc1cccc(C(=O)N2CC(=O)N(Cc3ccc(Cl)cc3)CC(O)C2)c1. The molecule has 3 rings (SSSR count). The predicted octanol–water partition coefficient (Wildman–Crippen LogP) is 2.19. The predicted molar refractivity (Wildman–Crippen MR) is 102 cm³/mol.